The van der Waals surface area contributed by atoms with E-state index in [4.69, 9.17) is 4.74 Å². The first-order valence-electron chi connectivity index (χ1n) is 8.35. The van der Waals surface area contributed by atoms with Crippen LogP contribution in [-0.4, -0.2) is 47.4 Å². The Balaban J connectivity index is 1.72. The zero-order chi connectivity index (χ0) is 19.3. The number of esters is 1. The molecule has 2 rings (SSSR count). The number of nitrogens with zero attached hydrogens (tertiary/aromatic N) is 1. The van der Waals surface area contributed by atoms with Crippen LogP contribution in [0.2, 0.25) is 0 Å². The smallest absolute Gasteiger partial charge is 0.325 e. The number of rotatable bonds is 7. The fraction of sp³-hybridized carbons (Fsp3) is 0.444. The van der Waals surface area contributed by atoms with Gasteiger partial charge in [-0.1, -0.05) is 30.3 Å². The number of ether oxygens (including phenoxy) is 1. The lowest BCUT2D eigenvalue weighted by Gasteiger charge is -2.16. The molecular formula is C18H23N3O5. The first kappa shape index (κ1) is 19.4. The third-order valence-electron chi connectivity index (χ3n) is 4.03. The molecule has 1 heterocycles. The Morgan fingerprint density at radius 2 is 1.88 bits per heavy atom. The molecular weight excluding hydrogens is 338 g/mol. The summed E-state index contributed by atoms with van der Waals surface area (Å²) in [6, 6.07) is 8.64. The third-order valence-corrected chi connectivity index (χ3v) is 4.03. The van der Waals surface area contributed by atoms with E-state index in [1.165, 1.54) is 0 Å². The van der Waals surface area contributed by atoms with E-state index in [1.807, 2.05) is 37.3 Å². The summed E-state index contributed by atoms with van der Waals surface area (Å²) in [4.78, 5) is 48.3. The molecule has 0 aromatic heterocycles. The van der Waals surface area contributed by atoms with Crippen LogP contribution in [0.15, 0.2) is 30.3 Å². The van der Waals surface area contributed by atoms with Gasteiger partial charge < -0.3 is 15.4 Å². The van der Waals surface area contributed by atoms with E-state index in [-0.39, 0.29) is 19.0 Å². The lowest BCUT2D eigenvalue weighted by atomic mass is 10.1. The highest BCUT2D eigenvalue weighted by Gasteiger charge is 2.44. The van der Waals surface area contributed by atoms with Crippen molar-refractivity contribution in [3.05, 3.63) is 35.9 Å². The van der Waals surface area contributed by atoms with Crippen LogP contribution in [0, 0.1) is 0 Å². The zero-order valence-corrected chi connectivity index (χ0v) is 15.1. The van der Waals surface area contributed by atoms with Gasteiger partial charge in [0, 0.05) is 6.54 Å². The average Bonchev–Trinajstić information content (AvgIpc) is 2.79. The normalized spacial score (nSPS) is 16.8. The van der Waals surface area contributed by atoms with E-state index >= 15 is 0 Å². The SMILES string of the molecule is C[C@@H](NC(=O)COC(=O)CCN1C(=O)NC(C)(C)C1=O)c1ccccc1. The Hall–Kier alpha value is -2.90. The summed E-state index contributed by atoms with van der Waals surface area (Å²) in [5.41, 5.74) is -0.0394. The first-order chi connectivity index (χ1) is 12.2. The molecule has 0 spiro atoms. The maximum absolute atomic E-state index is 12.0. The number of amides is 4. The van der Waals surface area contributed by atoms with Crippen molar-refractivity contribution in [2.24, 2.45) is 0 Å². The second-order valence-corrected chi connectivity index (χ2v) is 6.62. The fourth-order valence-corrected chi connectivity index (χ4v) is 2.55. The number of nitrogens with one attached hydrogen (secondary N) is 2. The molecule has 0 radical (unpaired) electrons. The number of urea groups is 1. The van der Waals surface area contributed by atoms with Crippen LogP contribution in [-0.2, 0) is 19.1 Å². The summed E-state index contributed by atoms with van der Waals surface area (Å²) in [5.74, 6) is -1.48. The van der Waals surface area contributed by atoms with Crippen LogP contribution in [0.25, 0.3) is 0 Å². The highest BCUT2D eigenvalue weighted by atomic mass is 16.5. The molecule has 2 N–H and O–H groups in total. The molecule has 1 fully saturated rings. The predicted molar refractivity (Wildman–Crippen MR) is 92.9 cm³/mol. The van der Waals surface area contributed by atoms with Gasteiger partial charge in [-0.2, -0.15) is 0 Å². The summed E-state index contributed by atoms with van der Waals surface area (Å²) >= 11 is 0. The Morgan fingerprint density at radius 1 is 1.23 bits per heavy atom. The van der Waals surface area contributed by atoms with E-state index in [0.29, 0.717) is 0 Å². The van der Waals surface area contributed by atoms with Gasteiger partial charge in [-0.15, -0.1) is 0 Å². The quantitative estimate of drug-likeness (QED) is 0.559. The second-order valence-electron chi connectivity index (χ2n) is 6.62. The summed E-state index contributed by atoms with van der Waals surface area (Å²) < 4.78 is 4.90. The van der Waals surface area contributed by atoms with Gasteiger partial charge in [0.2, 0.25) is 0 Å². The molecule has 1 aromatic rings. The van der Waals surface area contributed by atoms with Crippen molar-refractivity contribution in [3.63, 3.8) is 0 Å². The van der Waals surface area contributed by atoms with Gasteiger partial charge >= 0.3 is 12.0 Å². The van der Waals surface area contributed by atoms with Gasteiger partial charge in [0.25, 0.3) is 11.8 Å². The van der Waals surface area contributed by atoms with Crippen LogP contribution < -0.4 is 10.6 Å². The van der Waals surface area contributed by atoms with Gasteiger partial charge in [0.1, 0.15) is 5.54 Å². The van der Waals surface area contributed by atoms with E-state index in [2.05, 4.69) is 10.6 Å². The van der Waals surface area contributed by atoms with Crippen LogP contribution in [0.4, 0.5) is 4.79 Å². The van der Waals surface area contributed by atoms with Crippen LogP contribution in [0.1, 0.15) is 38.8 Å². The van der Waals surface area contributed by atoms with Crippen molar-refractivity contribution in [2.75, 3.05) is 13.2 Å². The standard InChI is InChI=1S/C18H23N3O5/c1-12(13-7-5-4-6-8-13)19-14(22)11-26-15(23)9-10-21-16(24)18(2,3)20-17(21)25/h4-8,12H,9-11H2,1-3H3,(H,19,22)(H,20,25)/t12-/m1/s1. The molecule has 1 atom stereocenters. The van der Waals surface area contributed by atoms with Crippen molar-refractivity contribution in [1.29, 1.82) is 0 Å². The molecule has 0 saturated carbocycles. The molecule has 0 bridgehead atoms. The van der Waals surface area contributed by atoms with Crippen LogP contribution in [0.5, 0.6) is 0 Å². The Morgan fingerprint density at radius 3 is 2.46 bits per heavy atom. The molecule has 1 aliphatic rings. The van der Waals surface area contributed by atoms with Crippen LogP contribution in [0.3, 0.4) is 0 Å². The van der Waals surface area contributed by atoms with E-state index in [1.54, 1.807) is 13.8 Å². The van der Waals surface area contributed by atoms with Crippen molar-refractivity contribution >= 4 is 23.8 Å². The van der Waals surface area contributed by atoms with E-state index in [9.17, 15) is 19.2 Å². The third kappa shape index (κ3) is 4.81. The lowest BCUT2D eigenvalue weighted by molar-refractivity contribution is -0.149. The highest BCUT2D eigenvalue weighted by Crippen LogP contribution is 2.16. The molecule has 1 aliphatic heterocycles. The number of benzene rings is 1. The maximum atomic E-state index is 12.0. The maximum Gasteiger partial charge on any atom is 0.325 e. The predicted octanol–water partition coefficient (Wildman–Crippen LogP) is 1.13. The van der Waals surface area contributed by atoms with Gasteiger partial charge in [-0.3, -0.25) is 19.3 Å². The first-order valence-corrected chi connectivity index (χ1v) is 8.35. The summed E-state index contributed by atoms with van der Waals surface area (Å²) in [6.07, 6.45) is -0.170. The van der Waals surface area contributed by atoms with E-state index in [0.717, 1.165) is 10.5 Å². The average molecular weight is 361 g/mol. The second kappa shape index (κ2) is 7.99. The van der Waals surface area contributed by atoms with Crippen LogP contribution >= 0.6 is 0 Å². The monoisotopic (exact) mass is 361 g/mol. The molecule has 8 heteroatoms. The minimum atomic E-state index is -0.978. The number of hydrogen-bond donors (Lipinski definition) is 2. The summed E-state index contributed by atoms with van der Waals surface area (Å²) in [7, 11) is 0. The molecule has 0 aliphatic carbocycles. The fourth-order valence-electron chi connectivity index (χ4n) is 2.55. The van der Waals surface area contributed by atoms with Gasteiger partial charge in [0.05, 0.1) is 12.5 Å². The summed E-state index contributed by atoms with van der Waals surface area (Å²) in [5, 5.41) is 5.25. The summed E-state index contributed by atoms with van der Waals surface area (Å²) in [6.45, 7) is 4.50. The van der Waals surface area contributed by atoms with Gasteiger partial charge in [-0.05, 0) is 26.3 Å². The van der Waals surface area contributed by atoms with Crippen molar-refractivity contribution in [1.82, 2.24) is 15.5 Å². The minimum Gasteiger partial charge on any atom is -0.456 e. The minimum absolute atomic E-state index is 0.0883. The number of carbonyl (C=O) groups excluding carboxylic acids is 4. The highest BCUT2D eigenvalue weighted by molar-refractivity contribution is 6.06. The molecule has 0 unspecified atom stereocenters. The Bertz CT molecular complexity index is 702. The Kier molecular flexibility index (Phi) is 5.97. The van der Waals surface area contributed by atoms with E-state index < -0.39 is 36.0 Å². The van der Waals surface area contributed by atoms with Gasteiger partial charge in [-0.25, -0.2) is 4.79 Å². The zero-order valence-electron chi connectivity index (χ0n) is 15.1. The number of imide groups is 1. The largest absolute Gasteiger partial charge is 0.456 e. The Labute approximate surface area is 151 Å². The molecule has 1 aromatic carbocycles. The topological polar surface area (TPSA) is 105 Å². The van der Waals surface area contributed by atoms with Gasteiger partial charge in [0.15, 0.2) is 6.61 Å². The lowest BCUT2D eigenvalue weighted by Crippen LogP contribution is -2.40. The van der Waals surface area contributed by atoms with Crippen molar-refractivity contribution in [2.45, 2.75) is 38.8 Å². The van der Waals surface area contributed by atoms with Crippen molar-refractivity contribution in [3.8, 4) is 0 Å². The molecule has 4 amide bonds. The molecule has 140 valence electrons. The number of carbonyl (C=O) groups is 4. The molecule has 8 nitrogen and oxygen atoms in total. The van der Waals surface area contributed by atoms with Crippen molar-refractivity contribution < 1.29 is 23.9 Å². The molecule has 26 heavy (non-hydrogen) atoms. The number of hydrogen-bond acceptors (Lipinski definition) is 5. The molecule has 1 saturated heterocycles.